The van der Waals surface area contributed by atoms with E-state index in [4.69, 9.17) is 4.74 Å². The molecule has 0 aliphatic heterocycles. The molecule has 0 radical (unpaired) electrons. The van der Waals surface area contributed by atoms with Crippen molar-refractivity contribution in [3.05, 3.63) is 58.9 Å². The van der Waals surface area contributed by atoms with E-state index in [1.165, 1.54) is 36.6 Å². The normalized spacial score (nSPS) is 11.5. The van der Waals surface area contributed by atoms with Gasteiger partial charge in [0.2, 0.25) is 0 Å². The summed E-state index contributed by atoms with van der Waals surface area (Å²) in [5.74, 6) is -2.56. The van der Waals surface area contributed by atoms with Crippen LogP contribution in [0.15, 0.2) is 36.5 Å². The highest BCUT2D eigenvalue weighted by Gasteiger charge is 2.32. The molecule has 0 aliphatic rings. The molecule has 24 heavy (non-hydrogen) atoms. The molecule has 1 N–H and O–H groups in total. The van der Waals surface area contributed by atoms with E-state index >= 15 is 0 Å². The van der Waals surface area contributed by atoms with Gasteiger partial charge in [-0.15, -0.1) is 0 Å². The molecule has 0 fully saturated rings. The van der Waals surface area contributed by atoms with Gasteiger partial charge in [-0.05, 0) is 41.7 Å². The average Bonchev–Trinajstić information content (AvgIpc) is 2.61. The summed E-state index contributed by atoms with van der Waals surface area (Å²) in [6.45, 7) is 4.18. The highest BCUT2D eigenvalue weighted by molar-refractivity contribution is 5.32. The lowest BCUT2D eigenvalue weighted by molar-refractivity contribution is -0.00792. The predicted molar refractivity (Wildman–Crippen MR) is 91.6 cm³/mol. The molecule has 1 aromatic heterocycles. The summed E-state index contributed by atoms with van der Waals surface area (Å²) in [7, 11) is 1.48. The summed E-state index contributed by atoms with van der Waals surface area (Å²) >= 11 is 0. The van der Waals surface area contributed by atoms with Crippen molar-refractivity contribution in [2.75, 3.05) is 13.7 Å². The summed E-state index contributed by atoms with van der Waals surface area (Å²) < 4.78 is 33.3. The van der Waals surface area contributed by atoms with E-state index in [0.717, 1.165) is 18.4 Å². The molecule has 0 aliphatic carbocycles. The monoisotopic (exact) mass is 334 g/mol. The van der Waals surface area contributed by atoms with Crippen LogP contribution in [0.3, 0.4) is 0 Å². The lowest BCUT2D eigenvalue weighted by atomic mass is 10.00. The fourth-order valence-electron chi connectivity index (χ4n) is 2.64. The second-order valence-corrected chi connectivity index (χ2v) is 5.70. The topological polar surface area (TPSA) is 34.1 Å². The van der Waals surface area contributed by atoms with Gasteiger partial charge in [0.25, 0.3) is 0 Å². The zero-order valence-electron chi connectivity index (χ0n) is 14.4. The van der Waals surface area contributed by atoms with Crippen LogP contribution in [0.25, 0.3) is 0 Å². The van der Waals surface area contributed by atoms with Gasteiger partial charge in [-0.3, -0.25) is 4.98 Å². The minimum absolute atomic E-state index is 0.258. The number of aromatic nitrogens is 1. The first-order valence-electron chi connectivity index (χ1n) is 8.20. The van der Waals surface area contributed by atoms with Gasteiger partial charge in [0.05, 0.1) is 19.9 Å². The molecule has 0 unspecified atom stereocenters. The van der Waals surface area contributed by atoms with Crippen molar-refractivity contribution in [3.63, 3.8) is 0 Å². The maximum atomic E-state index is 14.2. The number of benzene rings is 1. The first-order chi connectivity index (χ1) is 11.5. The van der Waals surface area contributed by atoms with E-state index in [1.807, 2.05) is 6.07 Å². The molecule has 2 rings (SSSR count). The number of nitrogens with zero attached hydrogens (tertiary/aromatic N) is 1. The Hall–Kier alpha value is -2.01. The van der Waals surface area contributed by atoms with Crippen LogP contribution < -0.4 is 10.1 Å². The Kier molecular flexibility index (Phi) is 6.26. The van der Waals surface area contributed by atoms with Gasteiger partial charge in [0, 0.05) is 6.54 Å². The minimum atomic E-state index is -3.02. The van der Waals surface area contributed by atoms with Gasteiger partial charge >= 0.3 is 5.92 Å². The van der Waals surface area contributed by atoms with Gasteiger partial charge in [0.1, 0.15) is 11.4 Å². The molecule has 0 spiro atoms. The van der Waals surface area contributed by atoms with Crippen molar-refractivity contribution >= 4 is 0 Å². The lowest BCUT2D eigenvalue weighted by Gasteiger charge is -2.17. The van der Waals surface area contributed by atoms with Crippen LogP contribution in [0, 0.1) is 0 Å². The van der Waals surface area contributed by atoms with E-state index in [9.17, 15) is 8.78 Å². The highest BCUT2D eigenvalue weighted by Crippen LogP contribution is 2.26. The van der Waals surface area contributed by atoms with Crippen LogP contribution in [-0.4, -0.2) is 18.6 Å². The van der Waals surface area contributed by atoms with Gasteiger partial charge in [-0.1, -0.05) is 32.0 Å². The maximum absolute atomic E-state index is 14.2. The van der Waals surface area contributed by atoms with Crippen LogP contribution in [0.4, 0.5) is 8.78 Å². The van der Waals surface area contributed by atoms with Gasteiger partial charge in [-0.2, -0.15) is 8.78 Å². The second-order valence-electron chi connectivity index (χ2n) is 5.70. The molecule has 0 amide bonds. The Bertz CT molecular complexity index is 657. The molecule has 0 saturated carbocycles. The largest absolute Gasteiger partial charge is 0.495 e. The van der Waals surface area contributed by atoms with Crippen LogP contribution in [0.2, 0.25) is 0 Å². The molecular formula is C19H24F2N2O. The number of methoxy groups -OCH3 is 1. The van der Waals surface area contributed by atoms with Crippen molar-refractivity contribution in [2.45, 2.75) is 39.2 Å². The fraction of sp³-hybridized carbons (Fsp3) is 0.421. The van der Waals surface area contributed by atoms with Gasteiger partial charge < -0.3 is 10.1 Å². The molecule has 130 valence electrons. The molecule has 5 heteroatoms. The Morgan fingerprint density at radius 3 is 2.42 bits per heavy atom. The Morgan fingerprint density at radius 2 is 1.83 bits per heavy atom. The number of hydrogen-bond acceptors (Lipinski definition) is 3. The first kappa shape index (κ1) is 18.3. The molecule has 1 aromatic carbocycles. The Morgan fingerprint density at radius 1 is 1.08 bits per heavy atom. The van der Waals surface area contributed by atoms with E-state index in [2.05, 4.69) is 36.3 Å². The fourth-order valence-corrected chi connectivity index (χ4v) is 2.64. The zero-order chi connectivity index (χ0) is 17.6. The second kappa shape index (κ2) is 8.20. The predicted octanol–water partition coefficient (Wildman–Crippen LogP) is 4.10. The first-order valence-corrected chi connectivity index (χ1v) is 8.20. The SMILES string of the molecule is CCc1ccc(CNCC(F)(F)c2ccc(OC)cn2)cc1CC. The summed E-state index contributed by atoms with van der Waals surface area (Å²) in [5.41, 5.74) is 3.35. The standard InChI is InChI=1S/C19H24F2N2O/c1-4-15-7-6-14(10-16(15)5-2)11-22-13-19(20,21)18-9-8-17(24-3)12-23-18/h6-10,12,22H,4-5,11,13H2,1-3H3. The summed E-state index contributed by atoms with van der Waals surface area (Å²) in [6.07, 6.45) is 3.24. The molecule has 3 nitrogen and oxygen atoms in total. The molecule has 0 saturated heterocycles. The number of hydrogen-bond donors (Lipinski definition) is 1. The van der Waals surface area contributed by atoms with Gasteiger partial charge in [-0.25, -0.2) is 0 Å². The van der Waals surface area contributed by atoms with E-state index in [0.29, 0.717) is 12.3 Å². The molecular weight excluding hydrogens is 310 g/mol. The lowest BCUT2D eigenvalue weighted by Crippen LogP contribution is -2.31. The molecule has 2 aromatic rings. The van der Waals surface area contributed by atoms with Crippen LogP contribution in [0.5, 0.6) is 5.75 Å². The van der Waals surface area contributed by atoms with Gasteiger partial charge in [0.15, 0.2) is 0 Å². The zero-order valence-corrected chi connectivity index (χ0v) is 14.4. The van der Waals surface area contributed by atoms with Crippen molar-refractivity contribution in [1.29, 1.82) is 0 Å². The Labute approximate surface area is 142 Å². The number of pyridine rings is 1. The van der Waals surface area contributed by atoms with E-state index in [1.54, 1.807) is 0 Å². The third kappa shape index (κ3) is 4.51. The smallest absolute Gasteiger partial charge is 0.301 e. The number of nitrogens with one attached hydrogen (secondary N) is 1. The van der Waals surface area contributed by atoms with Crippen molar-refractivity contribution < 1.29 is 13.5 Å². The van der Waals surface area contributed by atoms with E-state index < -0.39 is 12.5 Å². The third-order valence-electron chi connectivity index (χ3n) is 4.06. The van der Waals surface area contributed by atoms with E-state index in [-0.39, 0.29) is 5.69 Å². The quantitative estimate of drug-likeness (QED) is 0.789. The molecule has 0 bridgehead atoms. The maximum Gasteiger partial charge on any atom is 0.301 e. The summed E-state index contributed by atoms with van der Waals surface area (Å²) in [4.78, 5) is 3.78. The summed E-state index contributed by atoms with van der Waals surface area (Å²) in [5, 5.41) is 2.84. The minimum Gasteiger partial charge on any atom is -0.495 e. The number of aryl methyl sites for hydroxylation is 2. The molecule has 0 atom stereocenters. The van der Waals surface area contributed by atoms with Crippen LogP contribution in [-0.2, 0) is 25.3 Å². The number of rotatable bonds is 8. The number of alkyl halides is 2. The third-order valence-corrected chi connectivity index (χ3v) is 4.06. The number of halogens is 2. The average molecular weight is 334 g/mol. The molecule has 1 heterocycles. The van der Waals surface area contributed by atoms with Crippen molar-refractivity contribution in [3.8, 4) is 5.75 Å². The Balaban J connectivity index is 1.97. The summed E-state index contributed by atoms with van der Waals surface area (Å²) in [6, 6.07) is 8.96. The van der Waals surface area contributed by atoms with Crippen molar-refractivity contribution in [2.24, 2.45) is 0 Å². The van der Waals surface area contributed by atoms with Crippen LogP contribution in [0.1, 0.15) is 36.2 Å². The van der Waals surface area contributed by atoms with Crippen molar-refractivity contribution in [1.82, 2.24) is 10.3 Å². The highest BCUT2D eigenvalue weighted by atomic mass is 19.3. The van der Waals surface area contributed by atoms with Crippen LogP contribution >= 0.6 is 0 Å². The number of ether oxygens (including phenoxy) is 1.